The molecule has 0 radical (unpaired) electrons. The monoisotopic (exact) mass is 211 g/mol. The van der Waals surface area contributed by atoms with E-state index >= 15 is 0 Å². The third kappa shape index (κ3) is 3.76. The molecule has 0 heterocycles. The Balaban J connectivity index is 1.57. The fourth-order valence-corrected chi connectivity index (χ4v) is 2.66. The molecular formula is C13H25NO. The molecule has 2 aliphatic carbocycles. The molecule has 0 aromatic heterocycles. The number of likely N-dealkylation sites (N-methyl/N-ethyl adjacent to an activating group) is 1. The van der Waals surface area contributed by atoms with Crippen molar-refractivity contribution in [2.45, 2.75) is 51.5 Å². The molecule has 88 valence electrons. The zero-order valence-corrected chi connectivity index (χ0v) is 10.0. The van der Waals surface area contributed by atoms with Gasteiger partial charge < -0.3 is 10.1 Å². The Morgan fingerprint density at radius 2 is 1.93 bits per heavy atom. The Bertz CT molecular complexity index is 173. The molecule has 2 nitrogen and oxygen atoms in total. The van der Waals surface area contributed by atoms with Crippen LogP contribution in [0.25, 0.3) is 0 Å². The van der Waals surface area contributed by atoms with Crippen molar-refractivity contribution in [2.75, 3.05) is 19.8 Å². The van der Waals surface area contributed by atoms with Crippen LogP contribution in [0, 0.1) is 11.8 Å². The standard InChI is InChI=1S/C13H25NO/c1-2-14-13(12-7-8-12)10-15-9-11-5-3-4-6-11/h11-14H,2-10H2,1H3. The van der Waals surface area contributed by atoms with Crippen molar-refractivity contribution in [2.24, 2.45) is 11.8 Å². The van der Waals surface area contributed by atoms with Crippen LogP contribution >= 0.6 is 0 Å². The molecule has 1 atom stereocenters. The minimum atomic E-state index is 0.636. The predicted octanol–water partition coefficient (Wildman–Crippen LogP) is 2.58. The summed E-state index contributed by atoms with van der Waals surface area (Å²) in [6.45, 7) is 5.21. The second-order valence-corrected chi connectivity index (χ2v) is 5.19. The highest BCUT2D eigenvalue weighted by Crippen LogP contribution is 2.33. The molecule has 2 aliphatic rings. The largest absolute Gasteiger partial charge is 0.380 e. The quantitative estimate of drug-likeness (QED) is 0.699. The second kappa shape index (κ2) is 5.86. The molecular weight excluding hydrogens is 186 g/mol. The lowest BCUT2D eigenvalue weighted by Gasteiger charge is -2.18. The average molecular weight is 211 g/mol. The minimum absolute atomic E-state index is 0.636. The third-order valence-corrected chi connectivity index (χ3v) is 3.78. The van der Waals surface area contributed by atoms with Gasteiger partial charge in [0.05, 0.1) is 6.61 Å². The Morgan fingerprint density at radius 1 is 1.20 bits per heavy atom. The average Bonchev–Trinajstić information content (AvgIpc) is 2.96. The molecule has 0 amide bonds. The lowest BCUT2D eigenvalue weighted by atomic mass is 10.1. The van der Waals surface area contributed by atoms with Gasteiger partial charge in [-0.3, -0.25) is 0 Å². The van der Waals surface area contributed by atoms with Gasteiger partial charge in [-0.25, -0.2) is 0 Å². The maximum Gasteiger partial charge on any atom is 0.0622 e. The second-order valence-electron chi connectivity index (χ2n) is 5.19. The molecule has 1 unspecified atom stereocenters. The molecule has 0 spiro atoms. The van der Waals surface area contributed by atoms with Gasteiger partial charge in [0.1, 0.15) is 0 Å². The third-order valence-electron chi connectivity index (χ3n) is 3.78. The number of hydrogen-bond donors (Lipinski definition) is 1. The summed E-state index contributed by atoms with van der Waals surface area (Å²) >= 11 is 0. The molecule has 2 heteroatoms. The first kappa shape index (κ1) is 11.4. The van der Waals surface area contributed by atoms with Crippen LogP contribution in [-0.4, -0.2) is 25.8 Å². The van der Waals surface area contributed by atoms with Crippen molar-refractivity contribution >= 4 is 0 Å². The van der Waals surface area contributed by atoms with Gasteiger partial charge in [-0.1, -0.05) is 19.8 Å². The number of nitrogens with one attached hydrogen (secondary N) is 1. The summed E-state index contributed by atoms with van der Waals surface area (Å²) in [4.78, 5) is 0. The van der Waals surface area contributed by atoms with Gasteiger partial charge in [0.15, 0.2) is 0 Å². The van der Waals surface area contributed by atoms with Gasteiger partial charge in [-0.15, -0.1) is 0 Å². The van der Waals surface area contributed by atoms with Crippen LogP contribution in [0.3, 0.4) is 0 Å². The molecule has 2 rings (SSSR count). The smallest absolute Gasteiger partial charge is 0.0622 e. The SMILES string of the molecule is CCNC(COCC1CCCC1)C1CC1. The lowest BCUT2D eigenvalue weighted by Crippen LogP contribution is -2.35. The maximum atomic E-state index is 5.87. The van der Waals surface area contributed by atoms with E-state index in [0.29, 0.717) is 6.04 Å². The normalized spacial score (nSPS) is 24.6. The topological polar surface area (TPSA) is 21.3 Å². The maximum absolute atomic E-state index is 5.87. The Morgan fingerprint density at radius 3 is 2.53 bits per heavy atom. The first-order valence-electron chi connectivity index (χ1n) is 6.71. The highest BCUT2D eigenvalue weighted by atomic mass is 16.5. The van der Waals surface area contributed by atoms with E-state index < -0.39 is 0 Å². The van der Waals surface area contributed by atoms with Gasteiger partial charge in [0.2, 0.25) is 0 Å². The fourth-order valence-electron chi connectivity index (χ4n) is 2.66. The number of hydrogen-bond acceptors (Lipinski definition) is 2. The summed E-state index contributed by atoms with van der Waals surface area (Å²) in [5.41, 5.74) is 0. The van der Waals surface area contributed by atoms with Crippen molar-refractivity contribution in [3.05, 3.63) is 0 Å². The molecule has 15 heavy (non-hydrogen) atoms. The van der Waals surface area contributed by atoms with Crippen molar-refractivity contribution in [1.29, 1.82) is 0 Å². The van der Waals surface area contributed by atoms with Crippen LogP contribution in [0.5, 0.6) is 0 Å². The van der Waals surface area contributed by atoms with Gasteiger partial charge in [-0.2, -0.15) is 0 Å². The van der Waals surface area contributed by atoms with E-state index in [1.54, 1.807) is 0 Å². The highest BCUT2D eigenvalue weighted by molar-refractivity contribution is 4.86. The number of ether oxygens (including phenoxy) is 1. The van der Waals surface area contributed by atoms with Crippen LogP contribution in [0.15, 0.2) is 0 Å². The van der Waals surface area contributed by atoms with Crippen molar-refractivity contribution in [1.82, 2.24) is 5.32 Å². The lowest BCUT2D eigenvalue weighted by molar-refractivity contribution is 0.0785. The molecule has 0 aliphatic heterocycles. The highest BCUT2D eigenvalue weighted by Gasteiger charge is 2.30. The molecule has 0 aromatic carbocycles. The summed E-state index contributed by atoms with van der Waals surface area (Å²) in [5.74, 6) is 1.78. The fraction of sp³-hybridized carbons (Fsp3) is 1.00. The van der Waals surface area contributed by atoms with E-state index in [0.717, 1.165) is 31.6 Å². The summed E-state index contributed by atoms with van der Waals surface area (Å²) in [6, 6.07) is 0.636. The summed E-state index contributed by atoms with van der Waals surface area (Å²) in [7, 11) is 0. The molecule has 0 bridgehead atoms. The number of rotatable bonds is 7. The van der Waals surface area contributed by atoms with Crippen LogP contribution in [0.2, 0.25) is 0 Å². The summed E-state index contributed by atoms with van der Waals surface area (Å²) in [6.07, 6.45) is 8.46. The van der Waals surface area contributed by atoms with Gasteiger partial charge in [0.25, 0.3) is 0 Å². The van der Waals surface area contributed by atoms with Crippen molar-refractivity contribution in [3.8, 4) is 0 Å². The van der Waals surface area contributed by atoms with E-state index in [9.17, 15) is 0 Å². The first-order valence-corrected chi connectivity index (χ1v) is 6.71. The summed E-state index contributed by atoms with van der Waals surface area (Å²) < 4.78 is 5.87. The molecule has 2 saturated carbocycles. The molecule has 2 fully saturated rings. The zero-order valence-electron chi connectivity index (χ0n) is 10.0. The van der Waals surface area contributed by atoms with Gasteiger partial charge >= 0.3 is 0 Å². The molecule has 0 aromatic rings. The molecule has 0 saturated heterocycles. The van der Waals surface area contributed by atoms with E-state index in [1.165, 1.54) is 38.5 Å². The van der Waals surface area contributed by atoms with Crippen molar-refractivity contribution in [3.63, 3.8) is 0 Å². The first-order chi connectivity index (χ1) is 7.40. The predicted molar refractivity (Wildman–Crippen MR) is 63.0 cm³/mol. The van der Waals surface area contributed by atoms with Crippen molar-refractivity contribution < 1.29 is 4.74 Å². The van der Waals surface area contributed by atoms with E-state index in [1.807, 2.05) is 0 Å². The van der Waals surface area contributed by atoms with E-state index in [2.05, 4.69) is 12.2 Å². The van der Waals surface area contributed by atoms with Crippen LogP contribution < -0.4 is 5.32 Å². The zero-order chi connectivity index (χ0) is 10.5. The Kier molecular flexibility index (Phi) is 4.45. The Labute approximate surface area is 93.8 Å². The van der Waals surface area contributed by atoms with Crippen LogP contribution in [-0.2, 0) is 4.74 Å². The van der Waals surface area contributed by atoms with E-state index in [-0.39, 0.29) is 0 Å². The van der Waals surface area contributed by atoms with Crippen LogP contribution in [0.4, 0.5) is 0 Å². The molecule has 1 N–H and O–H groups in total. The Hall–Kier alpha value is -0.0800. The van der Waals surface area contributed by atoms with Crippen LogP contribution in [0.1, 0.15) is 45.4 Å². The van der Waals surface area contributed by atoms with Gasteiger partial charge in [-0.05, 0) is 44.1 Å². The summed E-state index contributed by atoms with van der Waals surface area (Å²) in [5, 5.41) is 3.54. The van der Waals surface area contributed by atoms with Gasteiger partial charge in [0, 0.05) is 12.6 Å². The van der Waals surface area contributed by atoms with E-state index in [4.69, 9.17) is 4.74 Å². The minimum Gasteiger partial charge on any atom is -0.380 e.